The summed E-state index contributed by atoms with van der Waals surface area (Å²) in [5, 5.41) is 0. The van der Waals surface area contributed by atoms with Crippen LogP contribution in [0, 0.1) is 0 Å². The van der Waals surface area contributed by atoms with E-state index < -0.39 is 0 Å². The van der Waals surface area contributed by atoms with Gasteiger partial charge in [0.1, 0.15) is 0 Å². The number of hydrogen-bond donors (Lipinski definition) is 0. The van der Waals surface area contributed by atoms with Gasteiger partial charge in [-0.3, -0.25) is 0 Å². The van der Waals surface area contributed by atoms with Gasteiger partial charge in [0.05, 0.1) is 0 Å². The van der Waals surface area contributed by atoms with Crippen molar-refractivity contribution in [2.24, 2.45) is 0 Å². The average Bonchev–Trinajstić information content (AvgIpc) is 2.33. The predicted octanol–water partition coefficient (Wildman–Crippen LogP) is 4.01. The molecule has 0 bridgehead atoms. The quantitative estimate of drug-likeness (QED) is 0.571. The smallest absolute Gasteiger partial charge is 0.00912 e. The van der Waals surface area contributed by atoms with E-state index in [9.17, 15) is 0 Å². The van der Waals surface area contributed by atoms with Crippen molar-refractivity contribution in [1.29, 1.82) is 0 Å². The molecule has 0 N–H and O–H groups in total. The van der Waals surface area contributed by atoms with Crippen molar-refractivity contribution in [2.75, 3.05) is 0 Å². The lowest BCUT2D eigenvalue weighted by molar-refractivity contribution is 1.18. The van der Waals surface area contributed by atoms with Gasteiger partial charge in [-0.1, -0.05) is 60.7 Å². The molecule has 0 radical (unpaired) electrons. The molecule has 78 valence electrons. The van der Waals surface area contributed by atoms with Crippen LogP contribution in [0.3, 0.4) is 0 Å². The molecule has 1 aliphatic rings. The Kier molecular flexibility index (Phi) is 2.34. The Bertz CT molecular complexity index is 486. The van der Waals surface area contributed by atoms with E-state index in [-0.39, 0.29) is 0 Å². The summed E-state index contributed by atoms with van der Waals surface area (Å²) < 4.78 is 0. The summed E-state index contributed by atoms with van der Waals surface area (Å²) in [7, 11) is 0. The summed E-state index contributed by atoms with van der Waals surface area (Å²) in [4.78, 5) is 0. The molecule has 3 rings (SSSR count). The minimum atomic E-state index is 1.05. The average molecular weight is 206 g/mol. The van der Waals surface area contributed by atoms with Crippen LogP contribution in [0.2, 0.25) is 0 Å². The van der Waals surface area contributed by atoms with Crippen molar-refractivity contribution in [3.05, 3.63) is 71.8 Å². The first-order valence-corrected chi connectivity index (χ1v) is 5.76. The molecule has 0 heterocycles. The maximum absolute atomic E-state index is 2.27. The van der Waals surface area contributed by atoms with Crippen molar-refractivity contribution in [2.45, 2.75) is 12.8 Å². The number of hydrogen-bond acceptors (Lipinski definition) is 0. The van der Waals surface area contributed by atoms with Gasteiger partial charge in [-0.15, -0.1) is 0 Å². The Hall–Kier alpha value is -1.82. The molecular formula is C16H14. The van der Waals surface area contributed by atoms with E-state index in [1.165, 1.54) is 22.3 Å². The monoisotopic (exact) mass is 206 g/mol. The van der Waals surface area contributed by atoms with E-state index >= 15 is 0 Å². The van der Waals surface area contributed by atoms with Crippen molar-refractivity contribution in [3.63, 3.8) is 0 Å². The third kappa shape index (κ3) is 1.57. The standard InChI is InChI=1S/C16H14/c1-2-8-14-10-4-6-12-16(14)15-11-5-3-9-13(15)7-1/h1-6,9-12H,7-8H2. The predicted molar refractivity (Wildman–Crippen MR) is 68.4 cm³/mol. The van der Waals surface area contributed by atoms with Gasteiger partial charge < -0.3 is 0 Å². The highest BCUT2D eigenvalue weighted by atomic mass is 14.1. The summed E-state index contributed by atoms with van der Waals surface area (Å²) in [6.45, 7) is 0. The Labute approximate surface area is 96.3 Å². The normalized spacial score (nSPS) is 13.5. The van der Waals surface area contributed by atoms with E-state index in [4.69, 9.17) is 0 Å². The van der Waals surface area contributed by atoms with Crippen LogP contribution in [0.4, 0.5) is 0 Å². The Morgan fingerprint density at radius 1 is 0.562 bits per heavy atom. The lowest BCUT2D eigenvalue weighted by Crippen LogP contribution is -1.95. The molecule has 0 saturated carbocycles. The minimum Gasteiger partial charge on any atom is -0.0838 e. The number of rotatable bonds is 0. The first kappa shape index (κ1) is 9.41. The number of fused-ring (bicyclic) bond motifs is 3. The number of benzene rings is 2. The van der Waals surface area contributed by atoms with Crippen LogP contribution in [-0.2, 0) is 12.8 Å². The van der Waals surface area contributed by atoms with E-state index in [1.54, 1.807) is 0 Å². The Morgan fingerprint density at radius 3 is 1.50 bits per heavy atom. The molecule has 0 aliphatic heterocycles. The van der Waals surface area contributed by atoms with Crippen LogP contribution in [-0.4, -0.2) is 0 Å². The zero-order valence-corrected chi connectivity index (χ0v) is 9.19. The lowest BCUT2D eigenvalue weighted by Gasteiger charge is -2.14. The van der Waals surface area contributed by atoms with Crippen molar-refractivity contribution in [3.8, 4) is 11.1 Å². The molecular weight excluding hydrogens is 192 g/mol. The SMILES string of the molecule is C1=CCc2ccccc2-c2ccccc2C1. The highest BCUT2D eigenvalue weighted by Crippen LogP contribution is 2.29. The molecule has 0 nitrogen and oxygen atoms in total. The third-order valence-corrected chi connectivity index (χ3v) is 3.17. The topological polar surface area (TPSA) is 0 Å². The Balaban J connectivity index is 2.27. The highest BCUT2D eigenvalue weighted by molar-refractivity contribution is 5.71. The van der Waals surface area contributed by atoms with Crippen LogP contribution < -0.4 is 0 Å². The molecule has 0 amide bonds. The van der Waals surface area contributed by atoms with Crippen molar-refractivity contribution in [1.82, 2.24) is 0 Å². The van der Waals surface area contributed by atoms with Crippen LogP contribution in [0.15, 0.2) is 60.7 Å². The van der Waals surface area contributed by atoms with Gasteiger partial charge in [0.15, 0.2) is 0 Å². The second-order valence-corrected chi connectivity index (χ2v) is 4.19. The van der Waals surface area contributed by atoms with E-state index in [2.05, 4.69) is 60.7 Å². The van der Waals surface area contributed by atoms with Crippen molar-refractivity contribution < 1.29 is 0 Å². The maximum atomic E-state index is 2.27. The molecule has 2 aromatic carbocycles. The first-order valence-electron chi connectivity index (χ1n) is 5.76. The summed E-state index contributed by atoms with van der Waals surface area (Å²) in [5.74, 6) is 0. The fraction of sp³-hybridized carbons (Fsp3) is 0.125. The molecule has 0 heteroatoms. The number of allylic oxidation sites excluding steroid dienone is 2. The zero-order valence-electron chi connectivity index (χ0n) is 9.19. The highest BCUT2D eigenvalue weighted by Gasteiger charge is 2.08. The molecule has 0 unspecified atom stereocenters. The van der Waals surface area contributed by atoms with Crippen LogP contribution in [0.5, 0.6) is 0 Å². The molecule has 0 saturated heterocycles. The van der Waals surface area contributed by atoms with Gasteiger partial charge >= 0.3 is 0 Å². The largest absolute Gasteiger partial charge is 0.0838 e. The van der Waals surface area contributed by atoms with Gasteiger partial charge in [-0.25, -0.2) is 0 Å². The molecule has 0 aromatic heterocycles. The second kappa shape index (κ2) is 3.97. The second-order valence-electron chi connectivity index (χ2n) is 4.19. The summed E-state index contributed by atoms with van der Waals surface area (Å²) >= 11 is 0. The summed E-state index contributed by atoms with van der Waals surface area (Å²) in [6.07, 6.45) is 6.64. The fourth-order valence-electron chi connectivity index (χ4n) is 2.34. The lowest BCUT2D eigenvalue weighted by atomic mass is 9.91. The van der Waals surface area contributed by atoms with Gasteiger partial charge in [0.2, 0.25) is 0 Å². The molecule has 16 heavy (non-hydrogen) atoms. The van der Waals surface area contributed by atoms with Crippen LogP contribution in [0.1, 0.15) is 11.1 Å². The first-order chi connectivity index (χ1) is 7.95. The Morgan fingerprint density at radius 2 is 1.00 bits per heavy atom. The van der Waals surface area contributed by atoms with Gasteiger partial charge in [0.25, 0.3) is 0 Å². The maximum Gasteiger partial charge on any atom is -0.00912 e. The molecule has 1 aliphatic carbocycles. The van der Waals surface area contributed by atoms with E-state index in [0.29, 0.717) is 0 Å². The minimum absolute atomic E-state index is 1.05. The zero-order chi connectivity index (χ0) is 10.8. The van der Waals surface area contributed by atoms with E-state index in [1.807, 2.05) is 0 Å². The van der Waals surface area contributed by atoms with Gasteiger partial charge in [0, 0.05) is 0 Å². The van der Waals surface area contributed by atoms with Crippen LogP contribution >= 0.6 is 0 Å². The molecule has 2 aromatic rings. The van der Waals surface area contributed by atoms with Gasteiger partial charge in [-0.05, 0) is 35.1 Å². The molecule has 0 atom stereocenters. The van der Waals surface area contributed by atoms with Crippen LogP contribution in [0.25, 0.3) is 11.1 Å². The summed E-state index contributed by atoms with van der Waals surface area (Å²) in [6, 6.07) is 17.4. The molecule has 0 fully saturated rings. The van der Waals surface area contributed by atoms with Gasteiger partial charge in [-0.2, -0.15) is 0 Å². The summed E-state index contributed by atoms with van der Waals surface area (Å²) in [5.41, 5.74) is 5.63. The van der Waals surface area contributed by atoms with Crippen molar-refractivity contribution >= 4 is 0 Å². The third-order valence-electron chi connectivity index (χ3n) is 3.17. The van der Waals surface area contributed by atoms with E-state index in [0.717, 1.165) is 12.8 Å². The molecule has 0 spiro atoms. The fourth-order valence-corrected chi connectivity index (χ4v) is 2.34.